The molecule has 0 aromatic carbocycles. The lowest BCUT2D eigenvalue weighted by Gasteiger charge is -2.25. The molecule has 1 aliphatic rings. The fourth-order valence-electron chi connectivity index (χ4n) is 1.29. The van der Waals surface area contributed by atoms with Crippen molar-refractivity contribution in [1.29, 1.82) is 0 Å². The maximum atomic E-state index is 4.97. The van der Waals surface area contributed by atoms with Gasteiger partial charge in [-0.3, -0.25) is 0 Å². The zero-order chi connectivity index (χ0) is 9.97. The summed E-state index contributed by atoms with van der Waals surface area (Å²) in [4.78, 5) is 11.3. The molecule has 0 saturated heterocycles. The van der Waals surface area contributed by atoms with Crippen LogP contribution in [0, 0.1) is 0 Å². The van der Waals surface area contributed by atoms with Gasteiger partial charge in [-0.2, -0.15) is 0 Å². The Kier molecular flexibility index (Phi) is 2.67. The Bertz CT molecular complexity index is 350. The van der Waals surface area contributed by atoms with Crippen molar-refractivity contribution in [1.82, 2.24) is 4.98 Å². The number of nitrogens with zero attached hydrogens (tertiary/aromatic N) is 3. The fraction of sp³-hybridized carbons (Fsp3) is 0.333. The van der Waals surface area contributed by atoms with Crippen LogP contribution in [-0.4, -0.2) is 24.0 Å². The van der Waals surface area contributed by atoms with Crippen LogP contribution in [0.4, 0.5) is 5.82 Å². The van der Waals surface area contributed by atoms with Crippen molar-refractivity contribution >= 4 is 27.6 Å². The largest absolute Gasteiger partial charge is 0.392 e. The maximum Gasteiger partial charge on any atom is 0.147 e. The molecule has 14 heavy (non-hydrogen) atoms. The lowest BCUT2D eigenvalue weighted by Crippen LogP contribution is -2.36. The minimum absolute atomic E-state index is 0.606. The highest BCUT2D eigenvalue weighted by Gasteiger charge is 2.14. The van der Waals surface area contributed by atoms with E-state index in [0.29, 0.717) is 6.61 Å². The van der Waals surface area contributed by atoms with E-state index in [9.17, 15) is 0 Å². The molecule has 0 spiro atoms. The van der Waals surface area contributed by atoms with Crippen LogP contribution >= 0.6 is 15.9 Å². The van der Waals surface area contributed by atoms with Crippen molar-refractivity contribution in [2.45, 2.75) is 6.92 Å². The predicted molar refractivity (Wildman–Crippen MR) is 58.3 cm³/mol. The highest BCUT2D eigenvalue weighted by molar-refractivity contribution is 9.10. The summed E-state index contributed by atoms with van der Waals surface area (Å²) < 4.78 is 0.976. The van der Waals surface area contributed by atoms with Crippen LogP contribution in [0.2, 0.25) is 0 Å². The van der Waals surface area contributed by atoms with Crippen molar-refractivity contribution < 1.29 is 4.84 Å². The summed E-state index contributed by atoms with van der Waals surface area (Å²) in [5, 5.41) is 3.90. The number of oxime groups is 1. The number of hydrogen-bond acceptors (Lipinski definition) is 4. The minimum Gasteiger partial charge on any atom is -0.392 e. The standard InChI is InChI=1S/C9H10BrN3O/c1-7-12-14-5-4-13(7)9-3-2-8(10)6-11-9/h2-3,6H,4-5H2,1H3. The summed E-state index contributed by atoms with van der Waals surface area (Å²) in [6.07, 6.45) is 1.78. The highest BCUT2D eigenvalue weighted by atomic mass is 79.9. The molecule has 1 aromatic heterocycles. The molecule has 5 heteroatoms. The number of amidine groups is 1. The molecule has 2 rings (SSSR count). The number of pyridine rings is 1. The van der Waals surface area contributed by atoms with E-state index in [-0.39, 0.29) is 0 Å². The summed E-state index contributed by atoms with van der Waals surface area (Å²) in [7, 11) is 0. The van der Waals surface area contributed by atoms with Gasteiger partial charge in [-0.1, -0.05) is 5.16 Å². The number of hydrogen-bond donors (Lipinski definition) is 0. The van der Waals surface area contributed by atoms with Gasteiger partial charge >= 0.3 is 0 Å². The van der Waals surface area contributed by atoms with Gasteiger partial charge in [0.2, 0.25) is 0 Å². The van der Waals surface area contributed by atoms with Gasteiger partial charge in [0, 0.05) is 10.7 Å². The molecule has 0 bridgehead atoms. The van der Waals surface area contributed by atoms with Crippen LogP contribution in [0.25, 0.3) is 0 Å². The summed E-state index contributed by atoms with van der Waals surface area (Å²) in [6, 6.07) is 3.92. The number of aromatic nitrogens is 1. The third-order valence-corrected chi connectivity index (χ3v) is 2.45. The monoisotopic (exact) mass is 255 g/mol. The number of anilines is 1. The zero-order valence-corrected chi connectivity index (χ0v) is 9.36. The first-order chi connectivity index (χ1) is 6.77. The smallest absolute Gasteiger partial charge is 0.147 e. The van der Waals surface area contributed by atoms with Crippen molar-refractivity contribution in [3.8, 4) is 0 Å². The van der Waals surface area contributed by atoms with Crippen LogP contribution in [0.5, 0.6) is 0 Å². The van der Waals surface area contributed by atoms with Crippen molar-refractivity contribution in [2.24, 2.45) is 5.16 Å². The first-order valence-corrected chi connectivity index (χ1v) is 5.12. The Morgan fingerprint density at radius 2 is 2.36 bits per heavy atom. The van der Waals surface area contributed by atoms with Gasteiger partial charge in [0.25, 0.3) is 0 Å². The molecule has 0 N–H and O–H groups in total. The van der Waals surface area contributed by atoms with E-state index < -0.39 is 0 Å². The first kappa shape index (κ1) is 9.45. The summed E-state index contributed by atoms with van der Waals surface area (Å²) >= 11 is 3.35. The molecule has 74 valence electrons. The van der Waals surface area contributed by atoms with E-state index >= 15 is 0 Å². The Morgan fingerprint density at radius 1 is 1.50 bits per heavy atom. The molecular formula is C9H10BrN3O. The first-order valence-electron chi connectivity index (χ1n) is 4.33. The van der Waals surface area contributed by atoms with Gasteiger partial charge in [0.05, 0.1) is 6.54 Å². The summed E-state index contributed by atoms with van der Waals surface area (Å²) in [5.41, 5.74) is 0. The third kappa shape index (κ3) is 1.87. The van der Waals surface area contributed by atoms with Crippen molar-refractivity contribution in [3.05, 3.63) is 22.8 Å². The minimum atomic E-state index is 0.606. The molecule has 4 nitrogen and oxygen atoms in total. The van der Waals surface area contributed by atoms with E-state index in [0.717, 1.165) is 22.7 Å². The highest BCUT2D eigenvalue weighted by Crippen LogP contribution is 2.16. The van der Waals surface area contributed by atoms with Crippen molar-refractivity contribution in [2.75, 3.05) is 18.1 Å². The lowest BCUT2D eigenvalue weighted by molar-refractivity contribution is 0.142. The fourth-order valence-corrected chi connectivity index (χ4v) is 1.52. The molecule has 0 fully saturated rings. The molecular weight excluding hydrogens is 246 g/mol. The average molecular weight is 256 g/mol. The molecule has 0 amide bonds. The Hall–Kier alpha value is -1.10. The molecule has 0 atom stereocenters. The molecule has 1 aromatic rings. The second-order valence-electron chi connectivity index (χ2n) is 2.96. The molecule has 0 unspecified atom stereocenters. The SMILES string of the molecule is CC1=NOCCN1c1ccc(Br)cn1. The Labute approximate surface area is 90.7 Å². The summed E-state index contributed by atoms with van der Waals surface area (Å²) in [6.45, 7) is 3.31. The summed E-state index contributed by atoms with van der Waals surface area (Å²) in [5.74, 6) is 1.74. The lowest BCUT2D eigenvalue weighted by atomic mass is 10.4. The molecule has 2 heterocycles. The number of rotatable bonds is 1. The van der Waals surface area contributed by atoms with E-state index in [1.807, 2.05) is 24.0 Å². The van der Waals surface area contributed by atoms with Crippen molar-refractivity contribution in [3.63, 3.8) is 0 Å². The zero-order valence-electron chi connectivity index (χ0n) is 7.77. The normalized spacial score (nSPS) is 16.1. The van der Waals surface area contributed by atoms with E-state index in [1.54, 1.807) is 6.20 Å². The average Bonchev–Trinajstić information content (AvgIpc) is 2.20. The van der Waals surface area contributed by atoms with Gasteiger partial charge in [-0.15, -0.1) is 0 Å². The van der Waals surface area contributed by atoms with Crippen LogP contribution in [0.15, 0.2) is 28.0 Å². The molecule has 0 aliphatic carbocycles. The maximum absolute atomic E-state index is 4.97. The predicted octanol–water partition coefficient (Wildman–Crippen LogP) is 2.01. The van der Waals surface area contributed by atoms with Crippen LogP contribution < -0.4 is 4.90 Å². The number of halogens is 1. The van der Waals surface area contributed by atoms with Gasteiger partial charge in [0.1, 0.15) is 18.3 Å². The topological polar surface area (TPSA) is 37.7 Å². The quantitative estimate of drug-likeness (QED) is 0.771. The van der Waals surface area contributed by atoms with Gasteiger partial charge in [-0.05, 0) is 35.0 Å². The molecule has 0 radical (unpaired) electrons. The molecule has 1 aliphatic heterocycles. The van der Waals surface area contributed by atoms with E-state index in [2.05, 4.69) is 26.1 Å². The molecule has 0 saturated carbocycles. The van der Waals surface area contributed by atoms with Gasteiger partial charge < -0.3 is 9.74 Å². The van der Waals surface area contributed by atoms with E-state index in [4.69, 9.17) is 4.84 Å². The second-order valence-corrected chi connectivity index (χ2v) is 3.87. The van der Waals surface area contributed by atoms with E-state index in [1.165, 1.54) is 0 Å². The Balaban J connectivity index is 2.26. The second kappa shape index (κ2) is 3.96. The third-order valence-electron chi connectivity index (χ3n) is 1.98. The van der Waals surface area contributed by atoms with Gasteiger partial charge in [-0.25, -0.2) is 4.98 Å². The van der Waals surface area contributed by atoms with Crippen LogP contribution in [-0.2, 0) is 4.84 Å². The van der Waals surface area contributed by atoms with Crippen LogP contribution in [0.3, 0.4) is 0 Å². The Morgan fingerprint density at radius 3 is 3.00 bits per heavy atom. The van der Waals surface area contributed by atoms with Gasteiger partial charge in [0.15, 0.2) is 0 Å². The van der Waals surface area contributed by atoms with Crippen LogP contribution in [0.1, 0.15) is 6.92 Å².